The third-order valence-electron chi connectivity index (χ3n) is 2.40. The van der Waals surface area contributed by atoms with Crippen molar-refractivity contribution in [2.45, 2.75) is 12.8 Å². The Morgan fingerprint density at radius 2 is 1.73 bits per heavy atom. The van der Waals surface area contributed by atoms with Gasteiger partial charge in [0.15, 0.2) is 0 Å². The normalized spacial score (nSPS) is 15.7. The van der Waals surface area contributed by atoms with E-state index in [9.17, 15) is 4.79 Å². The Labute approximate surface area is 98.0 Å². The van der Waals surface area contributed by atoms with Crippen molar-refractivity contribution in [2.75, 3.05) is 13.1 Å². The fourth-order valence-electron chi connectivity index (χ4n) is 1.69. The van der Waals surface area contributed by atoms with E-state index >= 15 is 0 Å². The summed E-state index contributed by atoms with van der Waals surface area (Å²) in [4.78, 5) is 17.5. The Morgan fingerprint density at radius 3 is 2.27 bits per heavy atom. The minimum absolute atomic E-state index is 0.0151. The Kier molecular flexibility index (Phi) is 3.12. The van der Waals surface area contributed by atoms with Gasteiger partial charge in [-0.3, -0.25) is 4.79 Å². The standard InChI is InChI=1S/C10H10Cl2N2O/c11-8-5-7(6-9(12)13-8)10(15)14-3-1-2-4-14/h5-6H,1-4H2. The first kappa shape index (κ1) is 10.7. The number of likely N-dealkylation sites (tertiary alicyclic amines) is 1. The van der Waals surface area contributed by atoms with E-state index < -0.39 is 0 Å². The van der Waals surface area contributed by atoms with E-state index in [1.807, 2.05) is 4.90 Å². The molecule has 0 spiro atoms. The topological polar surface area (TPSA) is 33.2 Å². The highest BCUT2D eigenvalue weighted by Crippen LogP contribution is 2.18. The number of nitrogens with zero attached hydrogens (tertiary/aromatic N) is 2. The first-order valence-corrected chi connectivity index (χ1v) is 5.55. The summed E-state index contributed by atoms with van der Waals surface area (Å²) in [6.45, 7) is 1.63. The molecule has 80 valence electrons. The highest BCUT2D eigenvalue weighted by Gasteiger charge is 2.20. The van der Waals surface area contributed by atoms with Crippen molar-refractivity contribution in [3.63, 3.8) is 0 Å². The molecular weight excluding hydrogens is 235 g/mol. The van der Waals surface area contributed by atoms with Crippen LogP contribution in [0.4, 0.5) is 0 Å². The van der Waals surface area contributed by atoms with Gasteiger partial charge in [-0.15, -0.1) is 0 Å². The van der Waals surface area contributed by atoms with Crippen molar-refractivity contribution >= 4 is 29.1 Å². The summed E-state index contributed by atoms with van der Waals surface area (Å²) in [5.41, 5.74) is 0.516. The molecule has 0 unspecified atom stereocenters. The molecule has 1 aliphatic heterocycles. The average Bonchev–Trinajstić information content (AvgIpc) is 2.67. The number of aromatic nitrogens is 1. The number of halogens is 2. The molecule has 1 aromatic heterocycles. The summed E-state index contributed by atoms with van der Waals surface area (Å²) in [6, 6.07) is 3.10. The van der Waals surface area contributed by atoms with Crippen LogP contribution in [0.1, 0.15) is 23.2 Å². The van der Waals surface area contributed by atoms with E-state index in [0.29, 0.717) is 5.56 Å². The van der Waals surface area contributed by atoms with E-state index in [1.54, 1.807) is 12.1 Å². The third kappa shape index (κ3) is 2.41. The molecule has 0 atom stereocenters. The Bertz CT molecular complexity index is 369. The van der Waals surface area contributed by atoms with Crippen molar-refractivity contribution in [1.29, 1.82) is 0 Å². The van der Waals surface area contributed by atoms with E-state index in [-0.39, 0.29) is 16.2 Å². The Balaban J connectivity index is 2.24. The summed E-state index contributed by atoms with van der Waals surface area (Å²) >= 11 is 11.5. The van der Waals surface area contributed by atoms with Gasteiger partial charge in [0.05, 0.1) is 0 Å². The molecule has 15 heavy (non-hydrogen) atoms. The van der Waals surface area contributed by atoms with Crippen molar-refractivity contribution in [1.82, 2.24) is 9.88 Å². The van der Waals surface area contributed by atoms with Gasteiger partial charge < -0.3 is 4.90 Å². The molecule has 0 radical (unpaired) electrons. The van der Waals surface area contributed by atoms with Gasteiger partial charge in [0.1, 0.15) is 10.3 Å². The maximum atomic E-state index is 11.9. The van der Waals surface area contributed by atoms with Crippen LogP contribution in [0.5, 0.6) is 0 Å². The van der Waals surface area contributed by atoms with Gasteiger partial charge in [0.2, 0.25) is 0 Å². The van der Waals surface area contributed by atoms with E-state index in [4.69, 9.17) is 23.2 Å². The Morgan fingerprint density at radius 1 is 1.20 bits per heavy atom. The fourth-order valence-corrected chi connectivity index (χ4v) is 2.15. The number of hydrogen-bond acceptors (Lipinski definition) is 2. The molecule has 0 aromatic carbocycles. The van der Waals surface area contributed by atoms with Gasteiger partial charge in [0, 0.05) is 18.7 Å². The molecule has 1 aromatic rings. The average molecular weight is 245 g/mol. The molecule has 2 heterocycles. The number of rotatable bonds is 1. The fraction of sp³-hybridized carbons (Fsp3) is 0.400. The largest absolute Gasteiger partial charge is 0.339 e. The number of amides is 1. The molecule has 1 aliphatic rings. The van der Waals surface area contributed by atoms with Crippen molar-refractivity contribution in [2.24, 2.45) is 0 Å². The summed E-state index contributed by atoms with van der Waals surface area (Å²) in [7, 11) is 0. The van der Waals surface area contributed by atoms with Crippen LogP contribution >= 0.6 is 23.2 Å². The number of pyridine rings is 1. The van der Waals surface area contributed by atoms with Crippen LogP contribution in [0.2, 0.25) is 10.3 Å². The molecule has 5 heteroatoms. The van der Waals surface area contributed by atoms with Crippen LogP contribution in [0.25, 0.3) is 0 Å². The van der Waals surface area contributed by atoms with Crippen molar-refractivity contribution in [3.05, 3.63) is 28.0 Å². The van der Waals surface area contributed by atoms with Crippen LogP contribution in [-0.2, 0) is 0 Å². The predicted octanol–water partition coefficient (Wildman–Crippen LogP) is 2.62. The minimum Gasteiger partial charge on any atom is -0.339 e. The molecule has 1 saturated heterocycles. The van der Waals surface area contributed by atoms with Gasteiger partial charge in [-0.1, -0.05) is 23.2 Å². The summed E-state index contributed by atoms with van der Waals surface area (Å²) in [5.74, 6) is -0.0151. The van der Waals surface area contributed by atoms with Gasteiger partial charge in [0.25, 0.3) is 5.91 Å². The van der Waals surface area contributed by atoms with Crippen molar-refractivity contribution < 1.29 is 4.79 Å². The predicted molar refractivity (Wildman–Crippen MR) is 59.4 cm³/mol. The third-order valence-corrected chi connectivity index (χ3v) is 2.79. The van der Waals surface area contributed by atoms with Gasteiger partial charge in [-0.05, 0) is 25.0 Å². The second-order valence-corrected chi connectivity index (χ2v) is 4.28. The zero-order chi connectivity index (χ0) is 10.8. The van der Waals surface area contributed by atoms with Crippen LogP contribution in [-0.4, -0.2) is 28.9 Å². The molecule has 2 rings (SSSR count). The molecule has 1 amide bonds. The monoisotopic (exact) mass is 244 g/mol. The lowest BCUT2D eigenvalue weighted by molar-refractivity contribution is 0.0792. The number of hydrogen-bond donors (Lipinski definition) is 0. The van der Waals surface area contributed by atoms with Gasteiger partial charge in [-0.25, -0.2) is 4.98 Å². The lowest BCUT2D eigenvalue weighted by Crippen LogP contribution is -2.27. The minimum atomic E-state index is -0.0151. The lowest BCUT2D eigenvalue weighted by Gasteiger charge is -2.15. The van der Waals surface area contributed by atoms with Gasteiger partial charge >= 0.3 is 0 Å². The molecule has 3 nitrogen and oxygen atoms in total. The Hall–Kier alpha value is -0.800. The zero-order valence-corrected chi connectivity index (χ0v) is 9.55. The number of carbonyl (C=O) groups is 1. The van der Waals surface area contributed by atoms with Gasteiger partial charge in [-0.2, -0.15) is 0 Å². The molecule has 0 saturated carbocycles. The van der Waals surface area contributed by atoms with Crippen LogP contribution in [0.3, 0.4) is 0 Å². The second kappa shape index (κ2) is 4.37. The molecule has 0 aliphatic carbocycles. The first-order chi connectivity index (χ1) is 7.16. The maximum absolute atomic E-state index is 11.9. The van der Waals surface area contributed by atoms with Crippen LogP contribution in [0, 0.1) is 0 Å². The van der Waals surface area contributed by atoms with Crippen LogP contribution < -0.4 is 0 Å². The SMILES string of the molecule is O=C(c1cc(Cl)nc(Cl)c1)N1CCCC1. The second-order valence-electron chi connectivity index (χ2n) is 3.50. The highest BCUT2D eigenvalue weighted by atomic mass is 35.5. The van der Waals surface area contributed by atoms with E-state index in [0.717, 1.165) is 25.9 Å². The van der Waals surface area contributed by atoms with E-state index in [1.165, 1.54) is 0 Å². The molecule has 0 bridgehead atoms. The molecule has 0 N–H and O–H groups in total. The highest BCUT2D eigenvalue weighted by molar-refractivity contribution is 6.33. The van der Waals surface area contributed by atoms with Crippen molar-refractivity contribution in [3.8, 4) is 0 Å². The van der Waals surface area contributed by atoms with E-state index in [2.05, 4.69) is 4.98 Å². The molecular formula is C10H10Cl2N2O. The molecule has 1 fully saturated rings. The zero-order valence-electron chi connectivity index (χ0n) is 8.04. The quantitative estimate of drug-likeness (QED) is 0.712. The summed E-state index contributed by atoms with van der Waals surface area (Å²) < 4.78 is 0. The first-order valence-electron chi connectivity index (χ1n) is 4.79. The van der Waals surface area contributed by atoms with Crippen LogP contribution in [0.15, 0.2) is 12.1 Å². The number of carbonyl (C=O) groups excluding carboxylic acids is 1. The summed E-state index contributed by atoms with van der Waals surface area (Å²) in [6.07, 6.45) is 2.14. The maximum Gasteiger partial charge on any atom is 0.254 e. The lowest BCUT2D eigenvalue weighted by atomic mass is 10.2. The summed E-state index contributed by atoms with van der Waals surface area (Å²) in [5, 5.41) is 0.509. The smallest absolute Gasteiger partial charge is 0.254 e.